The number of nitrogens with zero attached hydrogens (tertiary/aromatic N) is 1. The van der Waals surface area contributed by atoms with Crippen molar-refractivity contribution in [3.8, 4) is 0 Å². The van der Waals surface area contributed by atoms with Gasteiger partial charge in [-0.25, -0.2) is 4.90 Å². The van der Waals surface area contributed by atoms with E-state index in [2.05, 4.69) is 5.32 Å². The smallest absolute Gasteiger partial charge is 0.238 e. The maximum atomic E-state index is 14.1. The maximum absolute atomic E-state index is 14.1. The van der Waals surface area contributed by atoms with E-state index in [0.717, 1.165) is 5.56 Å². The highest BCUT2D eigenvalue weighted by molar-refractivity contribution is 6.35. The maximum Gasteiger partial charge on any atom is 0.238 e. The molecule has 36 heavy (non-hydrogen) atoms. The zero-order valence-corrected chi connectivity index (χ0v) is 21.8. The van der Waals surface area contributed by atoms with Crippen LogP contribution in [0.15, 0.2) is 66.7 Å². The van der Waals surface area contributed by atoms with Crippen LogP contribution in [0.2, 0.25) is 10.0 Å². The number of carbonyl (C=O) groups excluding carboxylic acids is 3. The number of benzene rings is 3. The molecule has 0 aromatic heterocycles. The van der Waals surface area contributed by atoms with Gasteiger partial charge in [0.15, 0.2) is 0 Å². The Balaban J connectivity index is 1.66. The Hall–Kier alpha value is -3.15. The van der Waals surface area contributed by atoms with Crippen LogP contribution in [0.25, 0.3) is 0 Å². The second kappa shape index (κ2) is 8.75. The van der Waals surface area contributed by atoms with Crippen LogP contribution in [0, 0.1) is 5.92 Å². The molecule has 0 aliphatic carbocycles. The lowest BCUT2D eigenvalue weighted by Gasteiger charge is -2.33. The van der Waals surface area contributed by atoms with Gasteiger partial charge in [-0.2, -0.15) is 0 Å². The molecule has 2 aliphatic heterocycles. The summed E-state index contributed by atoms with van der Waals surface area (Å²) in [6, 6.07) is 19.9. The minimum absolute atomic E-state index is 0.0791. The predicted octanol–water partition coefficient (Wildman–Crippen LogP) is 6.30. The van der Waals surface area contributed by atoms with Crippen molar-refractivity contribution in [2.75, 3.05) is 10.2 Å². The molecule has 3 aromatic carbocycles. The first-order valence-electron chi connectivity index (χ1n) is 11.9. The summed E-state index contributed by atoms with van der Waals surface area (Å²) in [5.74, 6) is -1.91. The van der Waals surface area contributed by atoms with Crippen LogP contribution in [0.1, 0.15) is 43.9 Å². The number of hydrogen-bond acceptors (Lipinski definition) is 3. The average Bonchev–Trinajstić information content (AvgIpc) is 3.28. The highest BCUT2D eigenvalue weighted by Gasteiger charge is 2.59. The normalized spacial score (nSPS) is 21.6. The van der Waals surface area contributed by atoms with Crippen molar-refractivity contribution >= 4 is 52.3 Å². The quantitative estimate of drug-likeness (QED) is 0.410. The summed E-state index contributed by atoms with van der Waals surface area (Å²) >= 11 is 12.7. The van der Waals surface area contributed by atoms with Gasteiger partial charge in [0, 0.05) is 22.2 Å². The van der Waals surface area contributed by atoms with Gasteiger partial charge in [-0.3, -0.25) is 14.4 Å². The van der Waals surface area contributed by atoms with E-state index in [0.29, 0.717) is 32.5 Å². The fourth-order valence-corrected chi connectivity index (χ4v) is 6.00. The Morgan fingerprint density at radius 2 is 1.67 bits per heavy atom. The molecule has 184 valence electrons. The molecule has 1 fully saturated rings. The Bertz CT molecular complexity index is 1410. The van der Waals surface area contributed by atoms with E-state index in [1.807, 2.05) is 63.2 Å². The van der Waals surface area contributed by atoms with Crippen molar-refractivity contribution < 1.29 is 14.4 Å². The van der Waals surface area contributed by atoms with E-state index < -0.39 is 11.3 Å². The summed E-state index contributed by atoms with van der Waals surface area (Å²) in [6.07, 6.45) is 0.0779. The van der Waals surface area contributed by atoms with Crippen molar-refractivity contribution in [2.45, 2.75) is 44.4 Å². The molecule has 3 aromatic rings. The highest BCUT2D eigenvalue weighted by atomic mass is 35.5. The van der Waals surface area contributed by atoms with Crippen molar-refractivity contribution in [1.29, 1.82) is 0 Å². The fraction of sp³-hybridized carbons (Fsp3) is 0.276. The third-order valence-electron chi connectivity index (χ3n) is 7.24. The van der Waals surface area contributed by atoms with Gasteiger partial charge >= 0.3 is 0 Å². The van der Waals surface area contributed by atoms with Crippen LogP contribution in [0.5, 0.6) is 0 Å². The predicted molar refractivity (Wildman–Crippen MR) is 143 cm³/mol. The summed E-state index contributed by atoms with van der Waals surface area (Å²) < 4.78 is 0. The van der Waals surface area contributed by atoms with Crippen molar-refractivity contribution in [3.05, 3.63) is 93.5 Å². The third kappa shape index (κ3) is 3.82. The number of carbonyl (C=O) groups is 3. The SMILES string of the molecule is CC(C)(C)c1ccccc1N1C(=O)C[C@H]([C@@]2(Cc3ccc(Cl)cc3Cl)C(=O)Nc3ccccc32)C1=O. The number of hydrogen-bond donors (Lipinski definition) is 1. The first kappa shape index (κ1) is 24.5. The molecule has 5 nitrogen and oxygen atoms in total. The lowest BCUT2D eigenvalue weighted by atomic mass is 9.66. The number of para-hydroxylation sites is 2. The van der Waals surface area contributed by atoms with Gasteiger partial charge < -0.3 is 5.32 Å². The topological polar surface area (TPSA) is 66.5 Å². The van der Waals surface area contributed by atoms with Gasteiger partial charge in [-0.05, 0) is 52.8 Å². The first-order chi connectivity index (χ1) is 17.0. The number of halogens is 2. The van der Waals surface area contributed by atoms with Crippen molar-refractivity contribution in [2.24, 2.45) is 5.92 Å². The Morgan fingerprint density at radius 1 is 0.972 bits per heavy atom. The molecule has 2 atom stereocenters. The Labute approximate surface area is 220 Å². The van der Waals surface area contributed by atoms with Gasteiger partial charge in [-0.1, -0.05) is 86.4 Å². The second-order valence-electron chi connectivity index (χ2n) is 10.5. The van der Waals surface area contributed by atoms with Crippen LogP contribution in [0.3, 0.4) is 0 Å². The summed E-state index contributed by atoms with van der Waals surface area (Å²) in [4.78, 5) is 42.7. The molecule has 7 heteroatoms. The zero-order chi connectivity index (χ0) is 25.8. The number of imide groups is 1. The van der Waals surface area contributed by atoms with E-state index in [1.165, 1.54) is 4.90 Å². The Morgan fingerprint density at radius 3 is 2.39 bits per heavy atom. The molecule has 0 bridgehead atoms. The minimum atomic E-state index is -1.30. The summed E-state index contributed by atoms with van der Waals surface area (Å²) in [6.45, 7) is 6.12. The summed E-state index contributed by atoms with van der Waals surface area (Å²) in [7, 11) is 0. The standard InChI is InChI=1S/C29H26Cl2N2O3/c1-28(2,3)20-9-5-7-11-24(20)33-25(34)15-21(26(33)35)29(16-17-12-13-18(30)14-22(17)31)19-8-4-6-10-23(19)32-27(29)36/h4-14,21H,15-16H2,1-3H3,(H,32,36)/t21-,29-/m0/s1. The largest absolute Gasteiger partial charge is 0.325 e. The third-order valence-corrected chi connectivity index (χ3v) is 7.83. The molecular formula is C29H26Cl2N2O3. The van der Waals surface area contributed by atoms with E-state index in [-0.39, 0.29) is 36.0 Å². The highest BCUT2D eigenvalue weighted by Crippen LogP contribution is 2.50. The number of fused-ring (bicyclic) bond motifs is 1. The first-order valence-corrected chi connectivity index (χ1v) is 12.6. The van der Waals surface area contributed by atoms with Crippen LogP contribution in [-0.2, 0) is 31.6 Å². The number of amides is 3. The summed E-state index contributed by atoms with van der Waals surface area (Å²) in [5, 5.41) is 3.84. The summed E-state index contributed by atoms with van der Waals surface area (Å²) in [5.41, 5.74) is 1.88. The number of anilines is 2. The van der Waals surface area contributed by atoms with Crippen LogP contribution in [-0.4, -0.2) is 17.7 Å². The molecular weight excluding hydrogens is 495 g/mol. The molecule has 0 radical (unpaired) electrons. The fourth-order valence-electron chi connectivity index (χ4n) is 5.52. The molecule has 0 unspecified atom stereocenters. The van der Waals surface area contributed by atoms with Gasteiger partial charge in [0.25, 0.3) is 0 Å². The van der Waals surface area contributed by atoms with E-state index in [1.54, 1.807) is 24.3 Å². The monoisotopic (exact) mass is 520 g/mol. The van der Waals surface area contributed by atoms with Gasteiger partial charge in [0.05, 0.1) is 17.0 Å². The molecule has 0 spiro atoms. The number of rotatable bonds is 4. The van der Waals surface area contributed by atoms with Crippen molar-refractivity contribution in [3.63, 3.8) is 0 Å². The molecule has 5 rings (SSSR count). The lowest BCUT2D eigenvalue weighted by molar-refractivity contribution is -0.130. The Kier molecular flexibility index (Phi) is 5.97. The van der Waals surface area contributed by atoms with Crippen LogP contribution >= 0.6 is 23.2 Å². The number of nitrogens with one attached hydrogen (secondary N) is 1. The van der Waals surface area contributed by atoms with E-state index >= 15 is 0 Å². The molecule has 3 amide bonds. The van der Waals surface area contributed by atoms with Gasteiger partial charge in [0.1, 0.15) is 0 Å². The van der Waals surface area contributed by atoms with Gasteiger partial charge in [-0.15, -0.1) is 0 Å². The van der Waals surface area contributed by atoms with E-state index in [9.17, 15) is 14.4 Å². The second-order valence-corrected chi connectivity index (χ2v) is 11.3. The molecule has 1 saturated heterocycles. The minimum Gasteiger partial charge on any atom is -0.325 e. The van der Waals surface area contributed by atoms with Gasteiger partial charge in [0.2, 0.25) is 17.7 Å². The van der Waals surface area contributed by atoms with Crippen LogP contribution < -0.4 is 10.2 Å². The molecule has 1 N–H and O–H groups in total. The lowest BCUT2D eigenvalue weighted by Crippen LogP contribution is -2.47. The van der Waals surface area contributed by atoms with Crippen molar-refractivity contribution in [1.82, 2.24) is 0 Å². The van der Waals surface area contributed by atoms with E-state index in [4.69, 9.17) is 23.2 Å². The molecule has 2 heterocycles. The molecule has 0 saturated carbocycles. The zero-order valence-electron chi connectivity index (χ0n) is 20.3. The average molecular weight is 521 g/mol. The molecule has 2 aliphatic rings. The van der Waals surface area contributed by atoms with Crippen LogP contribution in [0.4, 0.5) is 11.4 Å².